The summed E-state index contributed by atoms with van der Waals surface area (Å²) in [5.74, 6) is 1.73. The summed E-state index contributed by atoms with van der Waals surface area (Å²) in [6.45, 7) is 6.15. The number of anilines is 1. The van der Waals surface area contributed by atoms with Crippen LogP contribution in [0.25, 0.3) is 5.82 Å². The normalized spacial score (nSPS) is 10.8. The number of aryl methyl sites for hydroxylation is 1. The van der Waals surface area contributed by atoms with Crippen LogP contribution in [0.5, 0.6) is 0 Å². The molecule has 0 atom stereocenters. The molecule has 0 aliphatic rings. The second kappa shape index (κ2) is 5.69. The van der Waals surface area contributed by atoms with Crippen LogP contribution >= 0.6 is 15.9 Å². The molecule has 1 N–H and O–H groups in total. The molecule has 0 fully saturated rings. The van der Waals surface area contributed by atoms with Crippen LogP contribution in [-0.4, -0.2) is 26.8 Å². The first kappa shape index (κ1) is 14.0. The molecule has 0 radical (unpaired) electrons. The number of nitrogens with one attached hydrogen (secondary N) is 1. The van der Waals surface area contributed by atoms with Crippen LogP contribution in [0.3, 0.4) is 0 Å². The summed E-state index contributed by atoms with van der Waals surface area (Å²) in [6.07, 6.45) is 3.53. The molecule has 0 aromatic carbocycles. The largest absolute Gasteiger partial charge is 0.373 e. The van der Waals surface area contributed by atoms with Crippen LogP contribution in [0.1, 0.15) is 30.3 Å². The van der Waals surface area contributed by atoms with Gasteiger partial charge in [0.1, 0.15) is 12.1 Å². The van der Waals surface area contributed by atoms with Crippen molar-refractivity contribution in [3.05, 3.63) is 27.8 Å². The summed E-state index contributed by atoms with van der Waals surface area (Å²) in [6, 6.07) is 0. The topological polar surface area (TPSA) is 55.6 Å². The molecule has 0 aliphatic carbocycles. The van der Waals surface area contributed by atoms with E-state index in [1.165, 1.54) is 0 Å². The molecule has 0 aliphatic heterocycles. The Hall–Kier alpha value is -1.43. The molecular weight excluding hydrogens is 306 g/mol. The third-order valence-corrected chi connectivity index (χ3v) is 4.21. The van der Waals surface area contributed by atoms with Gasteiger partial charge in [0.25, 0.3) is 0 Å². The molecule has 0 spiro atoms. The molecule has 0 saturated carbocycles. The van der Waals surface area contributed by atoms with Gasteiger partial charge in [-0.1, -0.05) is 13.3 Å². The van der Waals surface area contributed by atoms with Gasteiger partial charge >= 0.3 is 0 Å². The van der Waals surface area contributed by atoms with Crippen LogP contribution in [0, 0.1) is 13.8 Å². The lowest BCUT2D eigenvalue weighted by atomic mass is 10.1. The smallest absolute Gasteiger partial charge is 0.162 e. The van der Waals surface area contributed by atoms with Crippen LogP contribution in [0.15, 0.2) is 10.8 Å². The SMILES string of the molecule is CCCc1c(NC)ncnc1-n1nc(C)c(Br)c1C. The van der Waals surface area contributed by atoms with Crippen molar-refractivity contribution in [2.24, 2.45) is 0 Å². The number of aromatic nitrogens is 4. The maximum atomic E-state index is 4.55. The van der Waals surface area contributed by atoms with Crippen molar-refractivity contribution in [3.8, 4) is 5.82 Å². The first-order valence-corrected chi connectivity index (χ1v) is 7.13. The minimum Gasteiger partial charge on any atom is -0.373 e. The van der Waals surface area contributed by atoms with E-state index in [1.54, 1.807) is 6.33 Å². The summed E-state index contributed by atoms with van der Waals surface area (Å²) < 4.78 is 2.91. The summed E-state index contributed by atoms with van der Waals surface area (Å²) >= 11 is 3.55. The Morgan fingerprint density at radius 3 is 2.58 bits per heavy atom. The molecule has 2 aromatic rings. The lowest BCUT2D eigenvalue weighted by Crippen LogP contribution is -2.10. The number of hydrogen-bond donors (Lipinski definition) is 1. The average molecular weight is 324 g/mol. The Labute approximate surface area is 121 Å². The van der Waals surface area contributed by atoms with E-state index in [4.69, 9.17) is 0 Å². The molecule has 19 heavy (non-hydrogen) atoms. The fraction of sp³-hybridized carbons (Fsp3) is 0.462. The van der Waals surface area contributed by atoms with Gasteiger partial charge in [-0.3, -0.25) is 0 Å². The zero-order valence-corrected chi connectivity index (χ0v) is 13.2. The number of hydrogen-bond acceptors (Lipinski definition) is 4. The predicted octanol–water partition coefficient (Wildman–Crippen LogP) is 3.04. The summed E-state index contributed by atoms with van der Waals surface area (Å²) in [5, 5.41) is 7.68. The van der Waals surface area contributed by atoms with Crippen LogP contribution in [-0.2, 0) is 6.42 Å². The highest BCUT2D eigenvalue weighted by atomic mass is 79.9. The molecular formula is C13H18BrN5. The van der Waals surface area contributed by atoms with E-state index < -0.39 is 0 Å². The molecule has 0 bridgehead atoms. The van der Waals surface area contributed by atoms with Gasteiger partial charge in [-0.05, 0) is 36.2 Å². The van der Waals surface area contributed by atoms with Gasteiger partial charge in [0.2, 0.25) is 0 Å². The quantitative estimate of drug-likeness (QED) is 0.939. The number of halogens is 1. The van der Waals surface area contributed by atoms with E-state index in [2.05, 4.69) is 43.2 Å². The summed E-state index contributed by atoms with van der Waals surface area (Å²) in [5.41, 5.74) is 3.12. The van der Waals surface area contributed by atoms with Gasteiger partial charge in [0, 0.05) is 12.6 Å². The minimum atomic E-state index is 0.854. The second-order valence-electron chi connectivity index (χ2n) is 4.42. The van der Waals surface area contributed by atoms with Crippen molar-refractivity contribution in [1.29, 1.82) is 0 Å². The molecule has 6 heteroatoms. The van der Waals surface area contributed by atoms with Crippen molar-refractivity contribution >= 4 is 21.7 Å². The lowest BCUT2D eigenvalue weighted by molar-refractivity contribution is 0.773. The highest BCUT2D eigenvalue weighted by Gasteiger charge is 2.16. The third kappa shape index (κ3) is 2.49. The third-order valence-electron chi connectivity index (χ3n) is 3.06. The highest BCUT2D eigenvalue weighted by molar-refractivity contribution is 9.10. The first-order chi connectivity index (χ1) is 9.10. The second-order valence-corrected chi connectivity index (χ2v) is 5.21. The van der Waals surface area contributed by atoms with E-state index in [0.29, 0.717) is 0 Å². The molecule has 2 aromatic heterocycles. The zero-order valence-electron chi connectivity index (χ0n) is 11.7. The molecule has 2 heterocycles. The van der Waals surface area contributed by atoms with Crippen molar-refractivity contribution in [2.75, 3.05) is 12.4 Å². The standard InChI is InChI=1S/C13H18BrN5/c1-5-6-10-12(15-4)16-7-17-13(10)19-9(3)11(14)8(2)18-19/h7H,5-6H2,1-4H3,(H,15,16,17). The lowest BCUT2D eigenvalue weighted by Gasteiger charge is -2.12. The van der Waals surface area contributed by atoms with Gasteiger partial charge in [-0.2, -0.15) is 5.10 Å². The predicted molar refractivity (Wildman–Crippen MR) is 79.9 cm³/mol. The van der Waals surface area contributed by atoms with Gasteiger partial charge in [0.05, 0.1) is 15.9 Å². The molecule has 102 valence electrons. The first-order valence-electron chi connectivity index (χ1n) is 6.33. The van der Waals surface area contributed by atoms with Crippen molar-refractivity contribution in [2.45, 2.75) is 33.6 Å². The molecule has 2 rings (SSSR count). The van der Waals surface area contributed by atoms with E-state index in [-0.39, 0.29) is 0 Å². The Bertz CT molecular complexity index is 591. The minimum absolute atomic E-state index is 0.854. The summed E-state index contributed by atoms with van der Waals surface area (Å²) in [7, 11) is 1.88. The van der Waals surface area contributed by atoms with Gasteiger partial charge in [-0.25, -0.2) is 14.6 Å². The molecule has 0 amide bonds. The van der Waals surface area contributed by atoms with Gasteiger partial charge in [0.15, 0.2) is 5.82 Å². The maximum absolute atomic E-state index is 4.55. The molecule has 0 saturated heterocycles. The van der Waals surface area contributed by atoms with Crippen molar-refractivity contribution < 1.29 is 0 Å². The highest BCUT2D eigenvalue weighted by Crippen LogP contribution is 2.26. The van der Waals surface area contributed by atoms with Gasteiger partial charge < -0.3 is 5.32 Å². The molecule has 5 nitrogen and oxygen atoms in total. The van der Waals surface area contributed by atoms with E-state index >= 15 is 0 Å². The van der Waals surface area contributed by atoms with Crippen molar-refractivity contribution in [1.82, 2.24) is 19.7 Å². The Morgan fingerprint density at radius 2 is 2.05 bits per heavy atom. The van der Waals surface area contributed by atoms with E-state index in [9.17, 15) is 0 Å². The fourth-order valence-corrected chi connectivity index (χ4v) is 2.36. The number of nitrogens with zero attached hydrogens (tertiary/aromatic N) is 4. The summed E-state index contributed by atoms with van der Waals surface area (Å²) in [4.78, 5) is 8.71. The fourth-order valence-electron chi connectivity index (χ4n) is 2.11. The van der Waals surface area contributed by atoms with E-state index in [0.717, 1.165) is 45.9 Å². The average Bonchev–Trinajstić information content (AvgIpc) is 2.67. The van der Waals surface area contributed by atoms with E-state index in [1.807, 2.05) is 25.6 Å². The zero-order chi connectivity index (χ0) is 14.0. The maximum Gasteiger partial charge on any atom is 0.162 e. The Kier molecular flexibility index (Phi) is 4.19. The van der Waals surface area contributed by atoms with Crippen molar-refractivity contribution in [3.63, 3.8) is 0 Å². The van der Waals surface area contributed by atoms with Crippen LogP contribution in [0.4, 0.5) is 5.82 Å². The number of rotatable bonds is 4. The van der Waals surface area contributed by atoms with Crippen LogP contribution < -0.4 is 5.32 Å². The monoisotopic (exact) mass is 323 g/mol. The van der Waals surface area contributed by atoms with Crippen LogP contribution in [0.2, 0.25) is 0 Å². The Morgan fingerprint density at radius 1 is 1.32 bits per heavy atom. The van der Waals surface area contributed by atoms with Gasteiger partial charge in [-0.15, -0.1) is 0 Å². The molecule has 0 unspecified atom stereocenters. The Balaban J connectivity index is 2.64.